The molecule has 1 aliphatic rings. The molecule has 0 spiro atoms. The molecule has 3 unspecified atom stereocenters. The Kier molecular flexibility index (Phi) is 4.44. The second kappa shape index (κ2) is 5.77. The van der Waals surface area contributed by atoms with Crippen molar-refractivity contribution in [2.45, 2.75) is 50.4 Å². The van der Waals surface area contributed by atoms with E-state index in [1.165, 1.54) is 6.26 Å². The van der Waals surface area contributed by atoms with E-state index in [0.717, 1.165) is 0 Å². The summed E-state index contributed by atoms with van der Waals surface area (Å²) < 4.78 is 43.3. The summed E-state index contributed by atoms with van der Waals surface area (Å²) in [6, 6.07) is 3.11. The zero-order valence-corrected chi connectivity index (χ0v) is 11.4. The molecule has 1 aliphatic carbocycles. The van der Waals surface area contributed by atoms with Gasteiger partial charge >= 0.3 is 6.18 Å². The average Bonchev–Trinajstić information content (AvgIpc) is 2.90. The van der Waals surface area contributed by atoms with Crippen LogP contribution in [0.5, 0.6) is 0 Å². The number of alkyl halides is 3. The summed E-state index contributed by atoms with van der Waals surface area (Å²) in [5, 5.41) is 13.3. The fraction of sp³-hybridized carbons (Fsp3) is 0.714. The molecule has 3 atom stereocenters. The second-order valence-corrected chi connectivity index (χ2v) is 5.73. The minimum atomic E-state index is -4.12. The summed E-state index contributed by atoms with van der Waals surface area (Å²) in [6.45, 7) is 1.76. The highest BCUT2D eigenvalue weighted by atomic mass is 19.4. The van der Waals surface area contributed by atoms with E-state index in [4.69, 9.17) is 4.42 Å². The number of aliphatic hydroxyl groups is 1. The molecule has 20 heavy (non-hydrogen) atoms. The Bertz CT molecular complexity index is 415. The quantitative estimate of drug-likeness (QED) is 0.895. The Labute approximate surface area is 116 Å². The lowest BCUT2D eigenvalue weighted by molar-refractivity contribution is -0.183. The third kappa shape index (κ3) is 3.76. The highest BCUT2D eigenvalue weighted by Gasteiger charge is 2.42. The Morgan fingerprint density at radius 1 is 1.40 bits per heavy atom. The van der Waals surface area contributed by atoms with Crippen LogP contribution in [0.3, 0.4) is 0 Å². The molecule has 1 fully saturated rings. The SMILES string of the molecule is CC(O)(CNC1CCCC(C(F)(F)F)C1)c1ccco1. The number of hydrogen-bond acceptors (Lipinski definition) is 3. The number of hydrogen-bond donors (Lipinski definition) is 2. The Balaban J connectivity index is 1.88. The van der Waals surface area contributed by atoms with Crippen molar-refractivity contribution in [3.05, 3.63) is 24.2 Å². The van der Waals surface area contributed by atoms with Gasteiger partial charge in [0.05, 0.1) is 12.2 Å². The van der Waals surface area contributed by atoms with Crippen molar-refractivity contribution in [1.82, 2.24) is 5.32 Å². The largest absolute Gasteiger partial charge is 0.466 e. The normalized spacial score (nSPS) is 27.2. The zero-order chi connectivity index (χ0) is 14.8. The van der Waals surface area contributed by atoms with Gasteiger partial charge in [0.15, 0.2) is 0 Å². The third-order valence-corrected chi connectivity index (χ3v) is 3.92. The Hall–Kier alpha value is -1.01. The smallest absolute Gasteiger partial charge is 0.391 e. The second-order valence-electron chi connectivity index (χ2n) is 5.73. The van der Waals surface area contributed by atoms with E-state index >= 15 is 0 Å². The minimum absolute atomic E-state index is 0.0811. The van der Waals surface area contributed by atoms with E-state index in [2.05, 4.69) is 5.32 Å². The van der Waals surface area contributed by atoms with Gasteiger partial charge in [0.2, 0.25) is 0 Å². The lowest BCUT2D eigenvalue weighted by Crippen LogP contribution is -2.44. The van der Waals surface area contributed by atoms with Crippen LogP contribution in [0, 0.1) is 5.92 Å². The lowest BCUT2D eigenvalue weighted by Gasteiger charge is -2.33. The van der Waals surface area contributed by atoms with E-state index in [0.29, 0.717) is 18.6 Å². The standard InChI is InChI=1S/C14H20F3NO2/c1-13(19,12-6-3-7-20-12)9-18-11-5-2-4-10(8-11)14(15,16)17/h3,6-7,10-11,18-19H,2,4-5,8-9H2,1H3. The molecule has 114 valence electrons. The summed E-state index contributed by atoms with van der Waals surface area (Å²) in [6.07, 6.45) is -1.10. The monoisotopic (exact) mass is 291 g/mol. The first kappa shape index (κ1) is 15.4. The van der Waals surface area contributed by atoms with Gasteiger partial charge in [0, 0.05) is 12.6 Å². The minimum Gasteiger partial charge on any atom is -0.466 e. The fourth-order valence-electron chi connectivity index (χ4n) is 2.69. The lowest BCUT2D eigenvalue weighted by atomic mass is 9.85. The van der Waals surface area contributed by atoms with Gasteiger partial charge in [-0.25, -0.2) is 0 Å². The first-order valence-electron chi connectivity index (χ1n) is 6.85. The predicted octanol–water partition coefficient (Wildman–Crippen LogP) is 3.20. The topological polar surface area (TPSA) is 45.4 Å². The van der Waals surface area contributed by atoms with Gasteiger partial charge in [-0.1, -0.05) is 6.42 Å². The van der Waals surface area contributed by atoms with Gasteiger partial charge in [-0.3, -0.25) is 0 Å². The molecule has 0 aromatic carbocycles. The maximum absolute atomic E-state index is 12.7. The van der Waals surface area contributed by atoms with Crippen molar-refractivity contribution in [1.29, 1.82) is 0 Å². The molecule has 2 N–H and O–H groups in total. The maximum atomic E-state index is 12.7. The average molecular weight is 291 g/mol. The summed E-state index contributed by atoms with van der Waals surface area (Å²) in [7, 11) is 0. The summed E-state index contributed by atoms with van der Waals surface area (Å²) in [5.41, 5.74) is -1.21. The van der Waals surface area contributed by atoms with Gasteiger partial charge in [-0.05, 0) is 38.3 Å². The molecule has 1 saturated carbocycles. The predicted molar refractivity (Wildman–Crippen MR) is 68.1 cm³/mol. The van der Waals surface area contributed by atoms with E-state index in [-0.39, 0.29) is 25.4 Å². The molecular formula is C14H20F3NO2. The van der Waals surface area contributed by atoms with Crippen LogP contribution < -0.4 is 5.32 Å². The highest BCUT2D eigenvalue weighted by molar-refractivity contribution is 5.08. The van der Waals surface area contributed by atoms with E-state index < -0.39 is 17.7 Å². The van der Waals surface area contributed by atoms with Crippen molar-refractivity contribution in [3.63, 3.8) is 0 Å². The van der Waals surface area contributed by atoms with Crippen LogP contribution in [0.15, 0.2) is 22.8 Å². The van der Waals surface area contributed by atoms with Gasteiger partial charge in [-0.15, -0.1) is 0 Å². The van der Waals surface area contributed by atoms with Gasteiger partial charge < -0.3 is 14.8 Å². The van der Waals surface area contributed by atoms with E-state index in [9.17, 15) is 18.3 Å². The summed E-state index contributed by atoms with van der Waals surface area (Å²) in [4.78, 5) is 0. The van der Waals surface area contributed by atoms with Crippen LogP contribution in [0.2, 0.25) is 0 Å². The van der Waals surface area contributed by atoms with Crippen molar-refractivity contribution in [2.75, 3.05) is 6.54 Å². The van der Waals surface area contributed by atoms with Crippen molar-refractivity contribution < 1.29 is 22.7 Å². The molecule has 1 aromatic heterocycles. The van der Waals surface area contributed by atoms with Crippen LogP contribution in [0.4, 0.5) is 13.2 Å². The molecule has 0 amide bonds. The molecule has 1 aromatic rings. The van der Waals surface area contributed by atoms with Crippen molar-refractivity contribution in [3.8, 4) is 0 Å². The summed E-state index contributed by atoms with van der Waals surface area (Å²) >= 11 is 0. The fourth-order valence-corrected chi connectivity index (χ4v) is 2.69. The van der Waals surface area contributed by atoms with Gasteiger partial charge in [-0.2, -0.15) is 13.2 Å². The molecule has 0 aliphatic heterocycles. The highest BCUT2D eigenvalue weighted by Crippen LogP contribution is 2.37. The zero-order valence-electron chi connectivity index (χ0n) is 11.4. The number of furan rings is 1. The first-order chi connectivity index (χ1) is 9.29. The molecule has 2 rings (SSSR count). The van der Waals surface area contributed by atoms with Crippen LogP contribution in [0.25, 0.3) is 0 Å². The molecule has 0 bridgehead atoms. The maximum Gasteiger partial charge on any atom is 0.391 e. The number of nitrogens with one attached hydrogen (secondary N) is 1. The molecule has 1 heterocycles. The Morgan fingerprint density at radius 3 is 2.75 bits per heavy atom. The van der Waals surface area contributed by atoms with Crippen LogP contribution in [-0.4, -0.2) is 23.9 Å². The number of rotatable bonds is 4. The molecule has 0 radical (unpaired) electrons. The van der Waals surface area contributed by atoms with E-state index in [1.807, 2.05) is 0 Å². The van der Waals surface area contributed by atoms with Crippen LogP contribution >= 0.6 is 0 Å². The van der Waals surface area contributed by atoms with Gasteiger partial charge in [0.1, 0.15) is 11.4 Å². The summed E-state index contributed by atoms with van der Waals surface area (Å²) in [5.74, 6) is -0.824. The molecular weight excluding hydrogens is 271 g/mol. The van der Waals surface area contributed by atoms with Gasteiger partial charge in [0.25, 0.3) is 0 Å². The van der Waals surface area contributed by atoms with Crippen molar-refractivity contribution in [2.24, 2.45) is 5.92 Å². The first-order valence-corrected chi connectivity index (χ1v) is 6.85. The molecule has 6 heteroatoms. The van der Waals surface area contributed by atoms with Crippen LogP contribution in [0.1, 0.15) is 38.4 Å². The van der Waals surface area contributed by atoms with E-state index in [1.54, 1.807) is 19.1 Å². The molecule has 0 saturated heterocycles. The Morgan fingerprint density at radius 2 is 2.15 bits per heavy atom. The van der Waals surface area contributed by atoms with Crippen molar-refractivity contribution >= 4 is 0 Å². The van der Waals surface area contributed by atoms with Crippen LogP contribution in [-0.2, 0) is 5.60 Å². The molecule has 3 nitrogen and oxygen atoms in total. The third-order valence-electron chi connectivity index (χ3n) is 3.92. The number of halogens is 3.